The first-order chi connectivity index (χ1) is 10.1. The van der Waals surface area contributed by atoms with Crippen molar-refractivity contribution in [2.75, 3.05) is 12.4 Å². The van der Waals surface area contributed by atoms with Gasteiger partial charge in [0.05, 0.1) is 7.11 Å². The lowest BCUT2D eigenvalue weighted by molar-refractivity contribution is 0.411. The molecule has 0 saturated carbocycles. The smallest absolute Gasteiger partial charge is 0.134 e. The number of halogens is 2. The highest BCUT2D eigenvalue weighted by molar-refractivity contribution is 6.30. The van der Waals surface area contributed by atoms with E-state index >= 15 is 0 Å². The number of hydrogen-bond donors (Lipinski definition) is 2. The van der Waals surface area contributed by atoms with Gasteiger partial charge in [-0.3, -0.25) is 5.41 Å². The van der Waals surface area contributed by atoms with Gasteiger partial charge in [0, 0.05) is 22.3 Å². The second-order valence-corrected chi connectivity index (χ2v) is 4.70. The molecule has 0 radical (unpaired) electrons. The van der Waals surface area contributed by atoms with E-state index in [9.17, 15) is 4.39 Å². The fourth-order valence-corrected chi connectivity index (χ4v) is 1.80. The van der Waals surface area contributed by atoms with E-state index in [-0.39, 0.29) is 5.84 Å². The van der Waals surface area contributed by atoms with Crippen molar-refractivity contribution in [2.24, 2.45) is 0 Å². The van der Waals surface area contributed by atoms with E-state index < -0.39 is 5.82 Å². The fraction of sp³-hybridized carbons (Fsp3) is 0.0625. The average molecular weight is 305 g/mol. The number of anilines is 1. The van der Waals surface area contributed by atoms with E-state index in [1.807, 2.05) is 0 Å². The van der Waals surface area contributed by atoms with Crippen molar-refractivity contribution in [1.29, 1.82) is 5.41 Å². The standard InChI is InChI=1S/C16H14ClFN2O/c1-21-14-8-2-11(15(18)10-14)3-9-16(19)20-13-6-4-12(17)5-7-13/h2-10H,1H3,(H2,19,20)/b9-3+. The summed E-state index contributed by atoms with van der Waals surface area (Å²) in [6.07, 6.45) is 3.01. The van der Waals surface area contributed by atoms with Crippen LogP contribution >= 0.6 is 11.6 Å². The summed E-state index contributed by atoms with van der Waals surface area (Å²) in [6, 6.07) is 11.5. The lowest BCUT2D eigenvalue weighted by Gasteiger charge is -2.05. The summed E-state index contributed by atoms with van der Waals surface area (Å²) in [7, 11) is 1.48. The average Bonchev–Trinajstić information content (AvgIpc) is 2.48. The number of nitrogens with one attached hydrogen (secondary N) is 2. The maximum Gasteiger partial charge on any atom is 0.134 e. The van der Waals surface area contributed by atoms with Crippen LogP contribution in [0.3, 0.4) is 0 Å². The van der Waals surface area contributed by atoms with Crippen molar-refractivity contribution in [2.45, 2.75) is 0 Å². The number of ether oxygens (including phenoxy) is 1. The van der Waals surface area contributed by atoms with Crippen LogP contribution in [0.5, 0.6) is 5.75 Å². The molecule has 2 N–H and O–H groups in total. The molecular weight excluding hydrogens is 291 g/mol. The Bertz CT molecular complexity index is 668. The van der Waals surface area contributed by atoms with E-state index in [1.165, 1.54) is 25.3 Å². The normalized spacial score (nSPS) is 10.6. The number of amidine groups is 1. The van der Waals surface area contributed by atoms with Crippen LogP contribution in [-0.4, -0.2) is 12.9 Å². The summed E-state index contributed by atoms with van der Waals surface area (Å²) in [5.74, 6) is 0.205. The lowest BCUT2D eigenvalue weighted by atomic mass is 10.2. The van der Waals surface area contributed by atoms with Crippen LogP contribution in [0.4, 0.5) is 10.1 Å². The van der Waals surface area contributed by atoms with E-state index in [1.54, 1.807) is 36.4 Å². The predicted molar refractivity (Wildman–Crippen MR) is 84.8 cm³/mol. The van der Waals surface area contributed by atoms with Gasteiger partial charge in [0.2, 0.25) is 0 Å². The van der Waals surface area contributed by atoms with Crippen molar-refractivity contribution in [1.82, 2.24) is 0 Å². The van der Waals surface area contributed by atoms with Gasteiger partial charge in [0.25, 0.3) is 0 Å². The molecule has 0 atom stereocenters. The second-order valence-electron chi connectivity index (χ2n) is 4.27. The largest absolute Gasteiger partial charge is 0.497 e. The number of methoxy groups -OCH3 is 1. The highest BCUT2D eigenvalue weighted by Crippen LogP contribution is 2.17. The summed E-state index contributed by atoms with van der Waals surface area (Å²) in [6.45, 7) is 0. The second kappa shape index (κ2) is 6.90. The van der Waals surface area contributed by atoms with Crippen molar-refractivity contribution in [3.63, 3.8) is 0 Å². The molecule has 2 aromatic carbocycles. The van der Waals surface area contributed by atoms with E-state index in [0.29, 0.717) is 16.3 Å². The molecule has 0 aromatic heterocycles. The molecule has 0 aliphatic rings. The topological polar surface area (TPSA) is 45.1 Å². The van der Waals surface area contributed by atoms with Gasteiger partial charge >= 0.3 is 0 Å². The first kappa shape index (κ1) is 15.1. The molecule has 0 bridgehead atoms. The summed E-state index contributed by atoms with van der Waals surface area (Å²) >= 11 is 5.78. The first-order valence-electron chi connectivity index (χ1n) is 6.21. The lowest BCUT2D eigenvalue weighted by Crippen LogP contribution is -2.06. The van der Waals surface area contributed by atoms with E-state index in [2.05, 4.69) is 5.32 Å². The van der Waals surface area contributed by atoms with Crippen LogP contribution < -0.4 is 10.1 Å². The molecule has 2 rings (SSSR count). The first-order valence-corrected chi connectivity index (χ1v) is 6.59. The summed E-state index contributed by atoms with van der Waals surface area (Å²) in [5.41, 5.74) is 1.13. The van der Waals surface area contributed by atoms with Gasteiger partial charge in [-0.05, 0) is 48.6 Å². The van der Waals surface area contributed by atoms with Gasteiger partial charge < -0.3 is 10.1 Å². The van der Waals surface area contributed by atoms with Crippen LogP contribution in [0.2, 0.25) is 5.02 Å². The van der Waals surface area contributed by atoms with Gasteiger partial charge in [-0.2, -0.15) is 0 Å². The van der Waals surface area contributed by atoms with Crippen LogP contribution in [-0.2, 0) is 0 Å². The van der Waals surface area contributed by atoms with Crippen LogP contribution in [0, 0.1) is 11.2 Å². The molecule has 0 spiro atoms. The Morgan fingerprint density at radius 2 is 1.95 bits per heavy atom. The number of benzene rings is 2. The van der Waals surface area contributed by atoms with E-state index in [4.69, 9.17) is 21.7 Å². The minimum atomic E-state index is -0.398. The highest BCUT2D eigenvalue weighted by atomic mass is 35.5. The summed E-state index contributed by atoms with van der Waals surface area (Å²) in [5, 5.41) is 11.3. The monoisotopic (exact) mass is 304 g/mol. The minimum absolute atomic E-state index is 0.146. The molecule has 21 heavy (non-hydrogen) atoms. The molecule has 0 aliphatic heterocycles. The van der Waals surface area contributed by atoms with Crippen molar-refractivity contribution < 1.29 is 9.13 Å². The van der Waals surface area contributed by atoms with Gasteiger partial charge in [-0.15, -0.1) is 0 Å². The molecule has 0 fully saturated rings. The van der Waals surface area contributed by atoms with E-state index in [0.717, 1.165) is 5.69 Å². The maximum atomic E-state index is 13.7. The Balaban J connectivity index is 2.03. The molecule has 0 unspecified atom stereocenters. The minimum Gasteiger partial charge on any atom is -0.497 e. The van der Waals surface area contributed by atoms with Crippen molar-refractivity contribution in [3.05, 3.63) is 64.9 Å². The SMILES string of the molecule is COc1ccc(/C=C/C(=N)Nc2ccc(Cl)cc2)c(F)c1. The third kappa shape index (κ3) is 4.33. The van der Waals surface area contributed by atoms with Gasteiger partial charge in [0.15, 0.2) is 0 Å². The molecule has 0 heterocycles. The zero-order valence-corrected chi connectivity index (χ0v) is 12.1. The Morgan fingerprint density at radius 1 is 1.24 bits per heavy atom. The van der Waals surface area contributed by atoms with Crippen molar-refractivity contribution in [3.8, 4) is 5.75 Å². The summed E-state index contributed by atoms with van der Waals surface area (Å²) < 4.78 is 18.7. The highest BCUT2D eigenvalue weighted by Gasteiger charge is 2.01. The molecule has 2 aromatic rings. The Kier molecular flexibility index (Phi) is 4.95. The van der Waals surface area contributed by atoms with Gasteiger partial charge in [0.1, 0.15) is 17.4 Å². The molecular formula is C16H14ClFN2O. The fourth-order valence-electron chi connectivity index (χ4n) is 1.67. The third-order valence-corrected chi connectivity index (χ3v) is 3.01. The molecule has 0 amide bonds. The Morgan fingerprint density at radius 3 is 2.57 bits per heavy atom. The van der Waals surface area contributed by atoms with Gasteiger partial charge in [-0.25, -0.2) is 4.39 Å². The number of hydrogen-bond acceptors (Lipinski definition) is 2. The van der Waals surface area contributed by atoms with Crippen LogP contribution in [0.15, 0.2) is 48.5 Å². The van der Waals surface area contributed by atoms with Crippen LogP contribution in [0.25, 0.3) is 6.08 Å². The zero-order chi connectivity index (χ0) is 15.2. The zero-order valence-electron chi connectivity index (χ0n) is 11.4. The Labute approximate surface area is 127 Å². The summed E-state index contributed by atoms with van der Waals surface area (Å²) in [4.78, 5) is 0. The Hall–Kier alpha value is -2.33. The number of rotatable bonds is 4. The van der Waals surface area contributed by atoms with Crippen LogP contribution in [0.1, 0.15) is 5.56 Å². The molecule has 5 heteroatoms. The molecule has 0 aliphatic carbocycles. The predicted octanol–water partition coefficient (Wildman–Crippen LogP) is 4.59. The van der Waals surface area contributed by atoms with Gasteiger partial charge in [-0.1, -0.05) is 11.6 Å². The molecule has 3 nitrogen and oxygen atoms in total. The maximum absolute atomic E-state index is 13.7. The molecule has 108 valence electrons. The molecule has 0 saturated heterocycles. The van der Waals surface area contributed by atoms with Crippen molar-refractivity contribution >= 4 is 29.2 Å². The quantitative estimate of drug-likeness (QED) is 0.641. The third-order valence-electron chi connectivity index (χ3n) is 2.76.